The number of aryl methyl sites for hydroxylation is 1. The van der Waals surface area contributed by atoms with Crippen LogP contribution in [0.2, 0.25) is 0 Å². The lowest BCUT2D eigenvalue weighted by Gasteiger charge is -2.26. The van der Waals surface area contributed by atoms with Gasteiger partial charge in [-0.25, -0.2) is 0 Å². The van der Waals surface area contributed by atoms with Gasteiger partial charge in [-0.05, 0) is 85.8 Å². The fraction of sp³-hybridized carbons (Fsp3) is 0.0256. The van der Waals surface area contributed by atoms with E-state index in [1.165, 1.54) is 27.4 Å². The molecule has 0 spiro atoms. The Morgan fingerprint density at radius 1 is 0.545 bits per heavy atom. The third kappa shape index (κ3) is 4.52. The van der Waals surface area contributed by atoms with Crippen LogP contribution in [-0.2, 0) is 0 Å². The minimum Gasteiger partial charge on any atom is -0.334 e. The highest BCUT2D eigenvalue weighted by atomic mass is 16.5. The fourth-order valence-electron chi connectivity index (χ4n) is 5.94. The molecule has 44 heavy (non-hydrogen) atoms. The van der Waals surface area contributed by atoms with Gasteiger partial charge in [0, 0.05) is 44.6 Å². The van der Waals surface area contributed by atoms with Gasteiger partial charge in [-0.2, -0.15) is 4.98 Å². The molecule has 6 aromatic carbocycles. The topological polar surface area (TPSA) is 47.1 Å². The van der Waals surface area contributed by atoms with E-state index in [1.54, 1.807) is 0 Å². The van der Waals surface area contributed by atoms with Gasteiger partial charge in [-0.15, -0.1) is 0 Å². The average molecular weight is 569 g/mol. The van der Waals surface area contributed by atoms with Crippen molar-refractivity contribution in [1.82, 2.24) is 14.7 Å². The lowest BCUT2D eigenvalue weighted by Crippen LogP contribution is -2.10. The first-order valence-electron chi connectivity index (χ1n) is 14.7. The van der Waals surface area contributed by atoms with E-state index in [1.807, 2.05) is 48.5 Å². The highest BCUT2D eigenvalue weighted by Crippen LogP contribution is 2.37. The monoisotopic (exact) mass is 568 g/mol. The summed E-state index contributed by atoms with van der Waals surface area (Å²) >= 11 is 0. The predicted octanol–water partition coefficient (Wildman–Crippen LogP) is 10.3. The number of para-hydroxylation sites is 2. The summed E-state index contributed by atoms with van der Waals surface area (Å²) in [6.07, 6.45) is 0. The van der Waals surface area contributed by atoms with Gasteiger partial charge in [0.25, 0.3) is 5.89 Å². The number of benzene rings is 6. The first kappa shape index (κ1) is 25.7. The average Bonchev–Trinajstić information content (AvgIpc) is 3.70. The maximum absolute atomic E-state index is 5.61. The van der Waals surface area contributed by atoms with Crippen LogP contribution in [-0.4, -0.2) is 14.7 Å². The van der Waals surface area contributed by atoms with Crippen molar-refractivity contribution in [2.24, 2.45) is 0 Å². The van der Waals surface area contributed by atoms with Gasteiger partial charge in [-0.3, -0.25) is 0 Å². The van der Waals surface area contributed by atoms with Gasteiger partial charge < -0.3 is 14.0 Å². The zero-order valence-corrected chi connectivity index (χ0v) is 24.1. The minimum absolute atomic E-state index is 0.493. The number of hydrogen-bond acceptors (Lipinski definition) is 4. The molecule has 210 valence electrons. The Morgan fingerprint density at radius 3 is 1.91 bits per heavy atom. The van der Waals surface area contributed by atoms with E-state index in [0.29, 0.717) is 11.7 Å². The van der Waals surface area contributed by atoms with Crippen LogP contribution in [0.3, 0.4) is 0 Å². The Hall–Kier alpha value is -5.94. The predicted molar refractivity (Wildman–Crippen MR) is 179 cm³/mol. The summed E-state index contributed by atoms with van der Waals surface area (Å²) in [6, 6.07) is 52.6. The maximum Gasteiger partial charge on any atom is 0.258 e. The second-order valence-corrected chi connectivity index (χ2v) is 10.9. The zero-order valence-electron chi connectivity index (χ0n) is 24.1. The van der Waals surface area contributed by atoms with Crippen LogP contribution in [0.15, 0.2) is 156 Å². The van der Waals surface area contributed by atoms with Crippen molar-refractivity contribution in [3.05, 3.63) is 157 Å². The third-order valence-corrected chi connectivity index (χ3v) is 8.04. The van der Waals surface area contributed by atoms with Crippen molar-refractivity contribution in [1.29, 1.82) is 0 Å². The smallest absolute Gasteiger partial charge is 0.258 e. The number of anilines is 3. The molecule has 5 heteroatoms. The van der Waals surface area contributed by atoms with Crippen molar-refractivity contribution in [2.75, 3.05) is 4.90 Å². The molecule has 0 fully saturated rings. The molecule has 0 N–H and O–H groups in total. The summed E-state index contributed by atoms with van der Waals surface area (Å²) in [6.45, 7) is 2.15. The molecule has 0 aliphatic carbocycles. The Bertz CT molecular complexity index is 2220. The quantitative estimate of drug-likeness (QED) is 0.200. The second-order valence-electron chi connectivity index (χ2n) is 10.9. The van der Waals surface area contributed by atoms with Gasteiger partial charge in [-0.1, -0.05) is 83.5 Å². The molecule has 8 rings (SSSR count). The number of aromatic nitrogens is 3. The summed E-state index contributed by atoms with van der Waals surface area (Å²) in [7, 11) is 0. The van der Waals surface area contributed by atoms with Crippen LogP contribution in [0.1, 0.15) is 5.56 Å². The maximum atomic E-state index is 5.61. The molecule has 8 aromatic rings. The molecular weight excluding hydrogens is 540 g/mol. The molecule has 0 bridgehead atoms. The van der Waals surface area contributed by atoms with Crippen molar-refractivity contribution < 1.29 is 4.52 Å². The molecule has 0 aliphatic heterocycles. The van der Waals surface area contributed by atoms with E-state index in [9.17, 15) is 0 Å². The molecule has 0 saturated heterocycles. The summed E-state index contributed by atoms with van der Waals surface area (Å²) in [5.41, 5.74) is 9.75. The van der Waals surface area contributed by atoms with Crippen molar-refractivity contribution in [3.63, 3.8) is 0 Å². The van der Waals surface area contributed by atoms with Crippen molar-refractivity contribution in [3.8, 4) is 28.5 Å². The van der Waals surface area contributed by atoms with Crippen LogP contribution in [0.4, 0.5) is 17.1 Å². The molecule has 0 unspecified atom stereocenters. The van der Waals surface area contributed by atoms with E-state index >= 15 is 0 Å². The summed E-state index contributed by atoms with van der Waals surface area (Å²) in [4.78, 5) is 6.89. The summed E-state index contributed by atoms with van der Waals surface area (Å²) in [5.74, 6) is 1.07. The van der Waals surface area contributed by atoms with Crippen LogP contribution in [0.5, 0.6) is 0 Å². The molecule has 0 radical (unpaired) electrons. The molecule has 0 aliphatic rings. The molecule has 2 heterocycles. The SMILES string of the molecule is Cc1ccc2c(c1)c1ccccc1n2-c1ccc(N(c2ccccc2)c2ccc(-c3nc(-c4ccccc4)no3)cc2)cc1. The lowest BCUT2D eigenvalue weighted by atomic mass is 10.1. The number of hydrogen-bond donors (Lipinski definition) is 0. The van der Waals surface area contributed by atoms with E-state index < -0.39 is 0 Å². The van der Waals surface area contributed by atoms with Gasteiger partial charge in [0.15, 0.2) is 0 Å². The summed E-state index contributed by atoms with van der Waals surface area (Å²) in [5, 5.41) is 6.72. The van der Waals surface area contributed by atoms with Gasteiger partial charge in [0.2, 0.25) is 5.82 Å². The van der Waals surface area contributed by atoms with E-state index in [4.69, 9.17) is 4.52 Å². The number of nitrogens with zero attached hydrogens (tertiary/aromatic N) is 4. The molecule has 0 saturated carbocycles. The Labute approximate surface area is 255 Å². The standard InChI is InChI=1S/C39H28N4O/c1-27-16-25-37-35(26-27)34-14-8-9-15-36(34)43(37)33-23-21-32(22-24-33)42(30-12-6-3-7-13-30)31-19-17-29(18-20-31)39-40-38(41-44-39)28-10-4-2-5-11-28/h2-26H,1H3. The van der Waals surface area contributed by atoms with E-state index in [0.717, 1.165) is 33.9 Å². The fourth-order valence-corrected chi connectivity index (χ4v) is 5.94. The largest absolute Gasteiger partial charge is 0.334 e. The highest BCUT2D eigenvalue weighted by molar-refractivity contribution is 6.09. The summed E-state index contributed by atoms with van der Waals surface area (Å²) < 4.78 is 7.96. The minimum atomic E-state index is 0.493. The molecule has 0 amide bonds. The Balaban J connectivity index is 1.17. The van der Waals surface area contributed by atoms with Crippen LogP contribution >= 0.6 is 0 Å². The second kappa shape index (κ2) is 10.7. The lowest BCUT2D eigenvalue weighted by molar-refractivity contribution is 0.432. The normalized spacial score (nSPS) is 11.3. The first-order chi connectivity index (χ1) is 21.7. The van der Waals surface area contributed by atoms with Crippen molar-refractivity contribution >= 4 is 38.9 Å². The number of rotatable bonds is 6. The zero-order chi connectivity index (χ0) is 29.5. The van der Waals surface area contributed by atoms with Gasteiger partial charge >= 0.3 is 0 Å². The number of fused-ring (bicyclic) bond motifs is 3. The Morgan fingerprint density at radius 2 is 1.16 bits per heavy atom. The highest BCUT2D eigenvalue weighted by Gasteiger charge is 2.16. The van der Waals surface area contributed by atoms with Gasteiger partial charge in [0.05, 0.1) is 11.0 Å². The molecule has 2 aromatic heterocycles. The van der Waals surface area contributed by atoms with Crippen molar-refractivity contribution in [2.45, 2.75) is 6.92 Å². The Kier molecular flexibility index (Phi) is 6.27. The van der Waals surface area contributed by atoms with Crippen LogP contribution in [0, 0.1) is 6.92 Å². The molecule has 5 nitrogen and oxygen atoms in total. The van der Waals surface area contributed by atoms with E-state index in [2.05, 4.69) is 130 Å². The molecule has 0 atom stereocenters. The molecular formula is C39H28N4O. The van der Waals surface area contributed by atoms with Crippen LogP contribution < -0.4 is 4.90 Å². The third-order valence-electron chi connectivity index (χ3n) is 8.04. The first-order valence-corrected chi connectivity index (χ1v) is 14.7. The van der Waals surface area contributed by atoms with Crippen LogP contribution in [0.25, 0.3) is 50.3 Å². The van der Waals surface area contributed by atoms with Gasteiger partial charge in [0.1, 0.15) is 0 Å². The van der Waals surface area contributed by atoms with E-state index in [-0.39, 0.29) is 0 Å².